The van der Waals surface area contributed by atoms with E-state index in [1.54, 1.807) is 11.3 Å². The van der Waals surface area contributed by atoms with Crippen LogP contribution >= 0.6 is 11.3 Å². The lowest BCUT2D eigenvalue weighted by atomic mass is 10.0. The van der Waals surface area contributed by atoms with Crippen molar-refractivity contribution < 1.29 is 4.42 Å². The van der Waals surface area contributed by atoms with Gasteiger partial charge in [-0.1, -0.05) is 115 Å². The average molecular weight is 658 g/mol. The van der Waals surface area contributed by atoms with E-state index >= 15 is 0 Å². The molecule has 0 bridgehead atoms. The van der Waals surface area contributed by atoms with Gasteiger partial charge in [-0.25, -0.2) is 15.0 Å². The molecule has 10 aromatic rings. The van der Waals surface area contributed by atoms with Gasteiger partial charge in [0.2, 0.25) is 0 Å². The normalized spacial score (nSPS) is 11.6. The molecule has 0 saturated heterocycles. The molecule has 0 atom stereocenters. The number of furan rings is 1. The lowest BCUT2D eigenvalue weighted by Crippen LogP contribution is -2.00. The fraction of sp³-hybridized carbons (Fsp3) is 0. The number of fused-ring (bicyclic) bond motifs is 6. The van der Waals surface area contributed by atoms with E-state index in [1.807, 2.05) is 24.3 Å². The van der Waals surface area contributed by atoms with Crippen LogP contribution in [0.1, 0.15) is 0 Å². The molecule has 10 rings (SSSR count). The van der Waals surface area contributed by atoms with E-state index in [1.165, 1.54) is 20.2 Å². The van der Waals surface area contributed by atoms with E-state index < -0.39 is 0 Å². The molecule has 50 heavy (non-hydrogen) atoms. The van der Waals surface area contributed by atoms with Crippen LogP contribution in [0.4, 0.5) is 0 Å². The minimum absolute atomic E-state index is 0.612. The van der Waals surface area contributed by atoms with Crippen molar-refractivity contribution in [2.45, 2.75) is 0 Å². The van der Waals surface area contributed by atoms with Crippen molar-refractivity contribution in [1.29, 1.82) is 0 Å². The summed E-state index contributed by atoms with van der Waals surface area (Å²) in [5.74, 6) is 1.87. The minimum Gasteiger partial charge on any atom is -0.455 e. The zero-order chi connectivity index (χ0) is 33.0. The molecule has 0 fully saturated rings. The third-order valence-corrected chi connectivity index (χ3v) is 10.5. The lowest BCUT2D eigenvalue weighted by molar-refractivity contribution is 0.670. The molecular formula is C45H27N3OS. The second kappa shape index (κ2) is 11.6. The summed E-state index contributed by atoms with van der Waals surface area (Å²) < 4.78 is 9.00. The van der Waals surface area contributed by atoms with Gasteiger partial charge in [-0.05, 0) is 65.2 Å². The largest absolute Gasteiger partial charge is 0.455 e. The Morgan fingerprint density at radius 2 is 0.920 bits per heavy atom. The monoisotopic (exact) mass is 657 g/mol. The average Bonchev–Trinajstić information content (AvgIpc) is 3.76. The molecule has 0 aliphatic rings. The SMILES string of the molecule is c1ccc(-c2cccc(-c3nc(-c4ccc5oc6c(-c7ccccc7)cccc6c5c4)nc(-c4ccc5sc6ccccc6c5c4)n3)c2)cc1. The maximum atomic E-state index is 6.49. The zero-order valence-corrected chi connectivity index (χ0v) is 27.6. The van der Waals surface area contributed by atoms with Crippen LogP contribution in [-0.4, -0.2) is 15.0 Å². The highest BCUT2D eigenvalue weighted by atomic mass is 32.1. The fourth-order valence-electron chi connectivity index (χ4n) is 6.88. The van der Waals surface area contributed by atoms with Gasteiger partial charge in [0, 0.05) is 53.2 Å². The van der Waals surface area contributed by atoms with Crippen molar-refractivity contribution in [3.8, 4) is 56.4 Å². The third-order valence-electron chi connectivity index (χ3n) is 9.34. The van der Waals surface area contributed by atoms with Gasteiger partial charge in [0.15, 0.2) is 17.5 Å². The maximum absolute atomic E-state index is 6.49. The van der Waals surface area contributed by atoms with Gasteiger partial charge in [-0.3, -0.25) is 0 Å². The first-order valence-electron chi connectivity index (χ1n) is 16.6. The maximum Gasteiger partial charge on any atom is 0.164 e. The van der Waals surface area contributed by atoms with Gasteiger partial charge in [-0.15, -0.1) is 11.3 Å². The predicted molar refractivity (Wildman–Crippen MR) is 207 cm³/mol. The highest BCUT2D eigenvalue weighted by Gasteiger charge is 2.17. The molecule has 0 aliphatic heterocycles. The molecule has 3 aromatic heterocycles. The molecule has 0 aliphatic carbocycles. The van der Waals surface area contributed by atoms with E-state index in [-0.39, 0.29) is 0 Å². The molecule has 0 spiro atoms. The molecule has 0 radical (unpaired) electrons. The third kappa shape index (κ3) is 4.87. The Hall–Kier alpha value is -6.43. The molecule has 0 amide bonds. The number of rotatable bonds is 5. The second-order valence-electron chi connectivity index (χ2n) is 12.4. The number of para-hydroxylation sites is 1. The van der Waals surface area contributed by atoms with Gasteiger partial charge in [0.1, 0.15) is 11.2 Å². The zero-order valence-electron chi connectivity index (χ0n) is 26.7. The van der Waals surface area contributed by atoms with Crippen LogP contribution in [0, 0.1) is 0 Å². The number of benzene rings is 7. The first kappa shape index (κ1) is 28.6. The Kier molecular flexibility index (Phi) is 6.64. The Morgan fingerprint density at radius 3 is 1.70 bits per heavy atom. The van der Waals surface area contributed by atoms with Gasteiger partial charge in [-0.2, -0.15) is 0 Å². The summed E-state index contributed by atoms with van der Waals surface area (Å²) in [6.45, 7) is 0. The fourth-order valence-corrected chi connectivity index (χ4v) is 7.97. The predicted octanol–water partition coefficient (Wildman–Crippen LogP) is 12.5. The summed E-state index contributed by atoms with van der Waals surface area (Å²) >= 11 is 1.81. The standard InChI is InChI=1S/C45H27N3OS/c1-3-11-28(12-4-1)30-15-9-16-31(25-30)43-46-44(48-45(47-43)33-22-24-41-38(27-33)35-17-7-8-20-40(35)50-41)32-21-23-39-37(26-32)36-19-10-18-34(42(36)49-39)29-13-5-2-6-14-29/h1-27H. The van der Waals surface area contributed by atoms with E-state index in [0.717, 1.165) is 60.9 Å². The van der Waals surface area contributed by atoms with Crippen LogP contribution in [0.15, 0.2) is 168 Å². The molecule has 0 N–H and O–H groups in total. The minimum atomic E-state index is 0.612. The van der Waals surface area contributed by atoms with Gasteiger partial charge >= 0.3 is 0 Å². The summed E-state index contributed by atoms with van der Waals surface area (Å²) in [5.41, 5.74) is 8.93. The van der Waals surface area contributed by atoms with Crippen LogP contribution in [-0.2, 0) is 0 Å². The Balaban J connectivity index is 1.16. The highest BCUT2D eigenvalue weighted by molar-refractivity contribution is 7.25. The van der Waals surface area contributed by atoms with Crippen LogP contribution < -0.4 is 0 Å². The van der Waals surface area contributed by atoms with Crippen molar-refractivity contribution in [2.75, 3.05) is 0 Å². The van der Waals surface area contributed by atoms with Crippen molar-refractivity contribution >= 4 is 53.4 Å². The summed E-state index contributed by atoms with van der Waals surface area (Å²) in [5, 5.41) is 4.53. The van der Waals surface area contributed by atoms with E-state index in [0.29, 0.717) is 17.5 Å². The molecule has 4 nitrogen and oxygen atoms in total. The number of hydrogen-bond donors (Lipinski definition) is 0. The summed E-state index contributed by atoms with van der Waals surface area (Å²) in [6, 6.07) is 56.8. The summed E-state index contributed by atoms with van der Waals surface area (Å²) in [4.78, 5) is 15.4. The number of aromatic nitrogens is 3. The van der Waals surface area contributed by atoms with E-state index in [4.69, 9.17) is 19.4 Å². The van der Waals surface area contributed by atoms with E-state index in [9.17, 15) is 0 Å². The van der Waals surface area contributed by atoms with Gasteiger partial charge in [0.05, 0.1) is 0 Å². The molecule has 0 unspecified atom stereocenters. The second-order valence-corrected chi connectivity index (χ2v) is 13.5. The van der Waals surface area contributed by atoms with E-state index in [2.05, 4.69) is 140 Å². The van der Waals surface area contributed by atoms with Gasteiger partial charge in [0.25, 0.3) is 0 Å². The summed E-state index contributed by atoms with van der Waals surface area (Å²) in [6.07, 6.45) is 0. The number of nitrogens with zero attached hydrogens (tertiary/aromatic N) is 3. The molecular weight excluding hydrogens is 631 g/mol. The van der Waals surface area contributed by atoms with Crippen LogP contribution in [0.3, 0.4) is 0 Å². The molecule has 7 aromatic carbocycles. The van der Waals surface area contributed by atoms with Crippen LogP contribution in [0.25, 0.3) is 98.5 Å². The number of thiophene rings is 1. The highest BCUT2D eigenvalue weighted by Crippen LogP contribution is 2.39. The first-order chi connectivity index (χ1) is 24.7. The molecule has 0 saturated carbocycles. The van der Waals surface area contributed by atoms with Gasteiger partial charge < -0.3 is 4.42 Å². The lowest BCUT2D eigenvalue weighted by Gasteiger charge is -2.10. The van der Waals surface area contributed by atoms with Crippen molar-refractivity contribution in [3.05, 3.63) is 164 Å². The Bertz CT molecular complexity index is 2870. The van der Waals surface area contributed by atoms with Crippen molar-refractivity contribution in [2.24, 2.45) is 0 Å². The Labute approximate surface area is 292 Å². The number of hydrogen-bond acceptors (Lipinski definition) is 5. The van der Waals surface area contributed by atoms with Crippen LogP contribution in [0.2, 0.25) is 0 Å². The molecule has 234 valence electrons. The smallest absolute Gasteiger partial charge is 0.164 e. The topological polar surface area (TPSA) is 51.8 Å². The first-order valence-corrected chi connectivity index (χ1v) is 17.4. The van der Waals surface area contributed by atoms with Crippen molar-refractivity contribution in [3.63, 3.8) is 0 Å². The quantitative estimate of drug-likeness (QED) is 0.185. The summed E-state index contributed by atoms with van der Waals surface area (Å²) in [7, 11) is 0. The Morgan fingerprint density at radius 1 is 0.360 bits per heavy atom. The molecule has 3 heterocycles. The van der Waals surface area contributed by atoms with Crippen molar-refractivity contribution in [1.82, 2.24) is 15.0 Å². The molecule has 5 heteroatoms. The van der Waals surface area contributed by atoms with Crippen LogP contribution in [0.5, 0.6) is 0 Å².